The molecular weight excluding hydrogens is 356 g/mol. The Morgan fingerprint density at radius 2 is 2.20 bits per heavy atom. The molecule has 0 atom stereocenters. The average molecular weight is 373 g/mol. The highest BCUT2D eigenvalue weighted by atomic mass is 35.5. The lowest BCUT2D eigenvalue weighted by Crippen LogP contribution is -2.35. The first-order valence-corrected chi connectivity index (χ1v) is 9.29. The van der Waals surface area contributed by atoms with E-state index in [1.54, 1.807) is 0 Å². The van der Waals surface area contributed by atoms with Gasteiger partial charge in [-0.1, -0.05) is 17.7 Å². The van der Waals surface area contributed by atoms with Crippen molar-refractivity contribution < 1.29 is 0 Å². The number of aryl methyl sites for hydroxylation is 1. The third kappa shape index (κ3) is 3.51. The highest BCUT2D eigenvalue weighted by Crippen LogP contribution is 2.29. The monoisotopic (exact) mass is 372 g/mol. The molecule has 128 valence electrons. The number of nitrogens with one attached hydrogen (secondary N) is 1. The van der Waals surface area contributed by atoms with Crippen molar-refractivity contribution in [3.8, 4) is 10.6 Å². The third-order valence-electron chi connectivity index (χ3n) is 4.32. The lowest BCUT2D eigenvalue weighted by Gasteiger charge is -2.27. The summed E-state index contributed by atoms with van der Waals surface area (Å²) >= 11 is 7.51. The largest absolute Gasteiger partial charge is 0.310 e. The minimum atomic E-state index is -0.0183. The van der Waals surface area contributed by atoms with Gasteiger partial charge in [0.05, 0.1) is 26.2 Å². The van der Waals surface area contributed by atoms with Crippen molar-refractivity contribution in [2.75, 3.05) is 6.54 Å². The predicted octanol–water partition coefficient (Wildman–Crippen LogP) is 3.41. The van der Waals surface area contributed by atoms with Crippen LogP contribution in [0.4, 0.5) is 0 Å². The van der Waals surface area contributed by atoms with Crippen molar-refractivity contribution in [3.05, 3.63) is 67.8 Å². The van der Waals surface area contributed by atoms with Gasteiger partial charge in [-0.3, -0.25) is 14.7 Å². The van der Waals surface area contributed by atoms with Gasteiger partial charge < -0.3 is 4.98 Å². The number of thiophene rings is 1. The van der Waals surface area contributed by atoms with E-state index in [1.165, 1.54) is 11.3 Å². The van der Waals surface area contributed by atoms with Gasteiger partial charge in [0, 0.05) is 32.3 Å². The van der Waals surface area contributed by atoms with Gasteiger partial charge in [0.25, 0.3) is 5.56 Å². The molecule has 5 nitrogen and oxygen atoms in total. The Hall–Kier alpha value is -2.02. The van der Waals surface area contributed by atoms with Crippen LogP contribution in [-0.4, -0.2) is 26.4 Å². The van der Waals surface area contributed by atoms with Crippen molar-refractivity contribution in [1.29, 1.82) is 0 Å². The molecule has 0 radical (unpaired) electrons. The maximum atomic E-state index is 12.1. The first-order chi connectivity index (χ1) is 12.1. The molecule has 3 aromatic rings. The minimum Gasteiger partial charge on any atom is -0.310 e. The van der Waals surface area contributed by atoms with Gasteiger partial charge in [-0.2, -0.15) is 0 Å². The second-order valence-electron chi connectivity index (χ2n) is 6.19. The first-order valence-electron chi connectivity index (χ1n) is 8.10. The van der Waals surface area contributed by atoms with Crippen LogP contribution in [0.5, 0.6) is 0 Å². The molecule has 4 heterocycles. The molecule has 0 fully saturated rings. The minimum absolute atomic E-state index is 0.0183. The maximum Gasteiger partial charge on any atom is 0.255 e. The summed E-state index contributed by atoms with van der Waals surface area (Å²) in [6.45, 7) is 4.11. The zero-order chi connectivity index (χ0) is 17.4. The van der Waals surface area contributed by atoms with Gasteiger partial charge in [0.15, 0.2) is 0 Å². The molecule has 4 rings (SSSR count). The van der Waals surface area contributed by atoms with Crippen LogP contribution in [0.1, 0.15) is 22.6 Å². The van der Waals surface area contributed by atoms with Crippen LogP contribution in [0.3, 0.4) is 0 Å². The van der Waals surface area contributed by atoms with E-state index in [2.05, 4.69) is 25.9 Å². The number of aromatic amines is 1. The topological polar surface area (TPSA) is 61.9 Å². The summed E-state index contributed by atoms with van der Waals surface area (Å²) in [6, 6.07) is 7.98. The molecule has 0 saturated carbocycles. The van der Waals surface area contributed by atoms with E-state index in [1.807, 2.05) is 31.3 Å². The molecule has 1 N–H and O–H groups in total. The fourth-order valence-electron chi connectivity index (χ4n) is 3.11. The van der Waals surface area contributed by atoms with Crippen molar-refractivity contribution in [2.24, 2.45) is 0 Å². The molecule has 25 heavy (non-hydrogen) atoms. The molecule has 0 spiro atoms. The van der Waals surface area contributed by atoms with Gasteiger partial charge in [-0.25, -0.2) is 4.98 Å². The van der Waals surface area contributed by atoms with Crippen molar-refractivity contribution in [2.45, 2.75) is 26.4 Å². The van der Waals surface area contributed by atoms with E-state index in [9.17, 15) is 4.79 Å². The number of hydrogen-bond acceptors (Lipinski definition) is 5. The zero-order valence-electron chi connectivity index (χ0n) is 13.8. The number of rotatable bonds is 3. The van der Waals surface area contributed by atoms with Crippen LogP contribution in [-0.2, 0) is 19.5 Å². The van der Waals surface area contributed by atoms with Crippen molar-refractivity contribution >= 4 is 22.9 Å². The quantitative estimate of drug-likeness (QED) is 0.765. The summed E-state index contributed by atoms with van der Waals surface area (Å²) in [6.07, 6.45) is 2.70. The highest BCUT2D eigenvalue weighted by Gasteiger charge is 2.20. The Labute approximate surface area is 154 Å². The number of hydrogen-bond donors (Lipinski definition) is 1. The van der Waals surface area contributed by atoms with E-state index in [4.69, 9.17) is 11.6 Å². The smallest absolute Gasteiger partial charge is 0.255 e. The van der Waals surface area contributed by atoms with Crippen LogP contribution >= 0.6 is 22.9 Å². The second kappa shape index (κ2) is 6.71. The normalized spacial score (nSPS) is 14.5. The van der Waals surface area contributed by atoms with Gasteiger partial charge in [0.2, 0.25) is 0 Å². The Morgan fingerprint density at radius 1 is 1.32 bits per heavy atom. The van der Waals surface area contributed by atoms with Gasteiger partial charge in [-0.15, -0.1) is 11.3 Å². The molecule has 1 aliphatic heterocycles. The average Bonchev–Trinajstić information content (AvgIpc) is 3.02. The molecule has 7 heteroatoms. The second-order valence-corrected chi connectivity index (χ2v) is 7.91. The third-order valence-corrected chi connectivity index (χ3v) is 5.58. The standard InChI is InChI=1S/C18H17ClN4OS/c1-11-21-14-6-7-23(10-13(14)18(24)22-11)9-12-2-3-15(20-8-12)16-4-5-17(19)25-16/h2-5,8H,6-7,9-10H2,1H3,(H,21,22,24). The molecule has 0 bridgehead atoms. The number of nitrogens with zero attached hydrogens (tertiary/aromatic N) is 3. The summed E-state index contributed by atoms with van der Waals surface area (Å²) in [5, 5.41) is 0. The number of aromatic nitrogens is 3. The van der Waals surface area contributed by atoms with Crippen LogP contribution < -0.4 is 5.56 Å². The maximum absolute atomic E-state index is 12.1. The molecule has 0 aromatic carbocycles. The molecule has 0 amide bonds. The van der Waals surface area contributed by atoms with Crippen LogP contribution in [0.25, 0.3) is 10.6 Å². The Morgan fingerprint density at radius 3 is 2.92 bits per heavy atom. The predicted molar refractivity (Wildman–Crippen MR) is 100.0 cm³/mol. The molecule has 1 aliphatic rings. The van der Waals surface area contributed by atoms with Crippen LogP contribution in [0, 0.1) is 6.92 Å². The summed E-state index contributed by atoms with van der Waals surface area (Å²) < 4.78 is 0.766. The van der Waals surface area contributed by atoms with E-state index in [-0.39, 0.29) is 5.56 Å². The highest BCUT2D eigenvalue weighted by molar-refractivity contribution is 7.19. The Bertz CT molecular complexity index is 964. The number of H-pyrrole nitrogens is 1. The summed E-state index contributed by atoms with van der Waals surface area (Å²) in [5.41, 5.74) is 3.76. The van der Waals surface area contributed by atoms with E-state index in [0.29, 0.717) is 12.4 Å². The summed E-state index contributed by atoms with van der Waals surface area (Å²) in [4.78, 5) is 27.3. The number of pyridine rings is 1. The first kappa shape index (κ1) is 16.4. The van der Waals surface area contributed by atoms with Crippen molar-refractivity contribution in [1.82, 2.24) is 19.9 Å². The van der Waals surface area contributed by atoms with E-state index < -0.39 is 0 Å². The number of halogens is 1. The zero-order valence-corrected chi connectivity index (χ0v) is 15.3. The van der Waals surface area contributed by atoms with Crippen molar-refractivity contribution in [3.63, 3.8) is 0 Å². The Balaban J connectivity index is 1.48. The van der Waals surface area contributed by atoms with E-state index >= 15 is 0 Å². The van der Waals surface area contributed by atoms with Gasteiger partial charge in [-0.05, 0) is 30.7 Å². The van der Waals surface area contributed by atoms with Crippen LogP contribution in [0.2, 0.25) is 4.34 Å². The lowest BCUT2D eigenvalue weighted by atomic mass is 10.1. The molecule has 0 unspecified atom stereocenters. The molecular formula is C18H17ClN4OS. The lowest BCUT2D eigenvalue weighted by molar-refractivity contribution is 0.241. The molecule has 0 saturated heterocycles. The number of fused-ring (bicyclic) bond motifs is 1. The summed E-state index contributed by atoms with van der Waals surface area (Å²) in [5.74, 6) is 0.686. The summed E-state index contributed by atoms with van der Waals surface area (Å²) in [7, 11) is 0. The van der Waals surface area contributed by atoms with Gasteiger partial charge in [0.1, 0.15) is 5.82 Å². The molecule has 0 aliphatic carbocycles. The SMILES string of the molecule is Cc1nc2c(c(=O)[nH]1)CN(Cc1ccc(-c3ccc(Cl)s3)nc1)CC2. The fraction of sp³-hybridized carbons (Fsp3) is 0.278. The molecule has 3 aromatic heterocycles. The van der Waals surface area contributed by atoms with Gasteiger partial charge >= 0.3 is 0 Å². The Kier molecular flexibility index (Phi) is 4.41. The van der Waals surface area contributed by atoms with Crippen LogP contribution in [0.15, 0.2) is 35.3 Å². The fourth-order valence-corrected chi connectivity index (χ4v) is 4.13. The van der Waals surface area contributed by atoms with E-state index in [0.717, 1.165) is 51.2 Å².